The summed E-state index contributed by atoms with van der Waals surface area (Å²) in [5.41, 5.74) is 1.30. The molecule has 1 heterocycles. The van der Waals surface area contributed by atoms with Gasteiger partial charge in [-0.1, -0.05) is 28.1 Å². The van der Waals surface area contributed by atoms with Crippen molar-refractivity contribution in [3.8, 4) is 0 Å². The number of nitrogens with one attached hydrogen (secondary N) is 1. The first-order valence-corrected chi connectivity index (χ1v) is 8.20. The topological polar surface area (TPSA) is 12.0 Å². The zero-order chi connectivity index (χ0) is 13.1. The van der Waals surface area contributed by atoms with Crippen molar-refractivity contribution in [3.63, 3.8) is 0 Å². The van der Waals surface area contributed by atoms with Crippen molar-refractivity contribution in [3.05, 3.63) is 54.6 Å². The Hall–Kier alpha value is -0.160. The van der Waals surface area contributed by atoms with Gasteiger partial charge in [-0.15, -0.1) is 11.3 Å². The minimum absolute atomic E-state index is 0.351. The van der Waals surface area contributed by atoms with Crippen LogP contribution in [0, 0.1) is 6.92 Å². The van der Waals surface area contributed by atoms with E-state index in [1.54, 1.807) is 0 Å². The summed E-state index contributed by atoms with van der Waals surface area (Å²) in [6.07, 6.45) is 0. The summed E-state index contributed by atoms with van der Waals surface area (Å²) < 4.78 is 2.34. The fourth-order valence-electron chi connectivity index (χ4n) is 1.75. The molecule has 0 saturated carbocycles. The molecule has 1 atom stereocenters. The van der Waals surface area contributed by atoms with E-state index in [2.05, 4.69) is 81.4 Å². The quantitative estimate of drug-likeness (QED) is 0.735. The molecule has 0 radical (unpaired) electrons. The second-order valence-corrected chi connectivity index (χ2v) is 7.39. The van der Waals surface area contributed by atoms with Crippen LogP contribution in [0.5, 0.6) is 0 Å². The SMILES string of the molecule is Cc1sc(CNC(C)c2cccc(Br)c2)cc1Br. The Labute approximate surface area is 129 Å². The Morgan fingerprint density at radius 2 is 2.06 bits per heavy atom. The standard InChI is InChI=1S/C14H15Br2NS/c1-9(11-4-3-5-12(15)6-11)17-8-13-7-14(16)10(2)18-13/h3-7,9,17H,8H2,1-2H3. The lowest BCUT2D eigenvalue weighted by Gasteiger charge is -2.13. The number of hydrogen-bond donors (Lipinski definition) is 1. The average Bonchev–Trinajstić information content (AvgIpc) is 2.66. The maximum atomic E-state index is 3.55. The molecule has 1 aromatic heterocycles. The number of benzene rings is 1. The van der Waals surface area contributed by atoms with Crippen LogP contribution in [-0.2, 0) is 6.54 Å². The van der Waals surface area contributed by atoms with Crippen LogP contribution in [0.4, 0.5) is 0 Å². The van der Waals surface area contributed by atoms with Gasteiger partial charge >= 0.3 is 0 Å². The van der Waals surface area contributed by atoms with Gasteiger partial charge in [-0.2, -0.15) is 0 Å². The Bertz CT molecular complexity index is 517. The van der Waals surface area contributed by atoms with Gasteiger partial charge in [0.1, 0.15) is 0 Å². The van der Waals surface area contributed by atoms with Crippen LogP contribution in [0.2, 0.25) is 0 Å². The highest BCUT2D eigenvalue weighted by atomic mass is 79.9. The fourth-order valence-corrected chi connectivity index (χ4v) is 3.72. The zero-order valence-corrected chi connectivity index (χ0v) is 14.3. The molecule has 0 saturated heterocycles. The van der Waals surface area contributed by atoms with Gasteiger partial charge in [-0.3, -0.25) is 0 Å². The van der Waals surface area contributed by atoms with Gasteiger partial charge in [0.05, 0.1) is 0 Å². The molecule has 2 aromatic rings. The molecule has 96 valence electrons. The lowest BCUT2D eigenvalue weighted by atomic mass is 10.1. The van der Waals surface area contributed by atoms with Gasteiger partial charge in [0.15, 0.2) is 0 Å². The monoisotopic (exact) mass is 387 g/mol. The molecular formula is C14H15Br2NS. The van der Waals surface area contributed by atoms with Gasteiger partial charge in [-0.05, 0) is 53.5 Å². The molecule has 18 heavy (non-hydrogen) atoms. The third-order valence-corrected chi connectivity index (χ3v) is 5.47. The second kappa shape index (κ2) is 6.33. The molecule has 0 amide bonds. The van der Waals surface area contributed by atoms with E-state index in [1.165, 1.54) is 19.8 Å². The average molecular weight is 389 g/mol. The summed E-state index contributed by atoms with van der Waals surface area (Å²) in [4.78, 5) is 2.70. The van der Waals surface area contributed by atoms with E-state index in [4.69, 9.17) is 0 Å². The third kappa shape index (κ3) is 3.67. The minimum Gasteiger partial charge on any atom is -0.305 e. The van der Waals surface area contributed by atoms with E-state index in [9.17, 15) is 0 Å². The predicted molar refractivity (Wildman–Crippen MR) is 86.2 cm³/mol. The number of thiophene rings is 1. The molecule has 1 N–H and O–H groups in total. The normalized spacial score (nSPS) is 12.7. The van der Waals surface area contributed by atoms with Gasteiger partial charge in [-0.25, -0.2) is 0 Å². The summed E-state index contributed by atoms with van der Waals surface area (Å²) >= 11 is 8.90. The van der Waals surface area contributed by atoms with Crippen molar-refractivity contribution in [2.45, 2.75) is 26.4 Å². The lowest BCUT2D eigenvalue weighted by molar-refractivity contribution is 0.578. The van der Waals surface area contributed by atoms with Crippen LogP contribution in [0.3, 0.4) is 0 Å². The van der Waals surface area contributed by atoms with E-state index in [0.29, 0.717) is 6.04 Å². The first-order chi connectivity index (χ1) is 8.56. The first-order valence-electron chi connectivity index (χ1n) is 5.80. The maximum Gasteiger partial charge on any atom is 0.0314 e. The van der Waals surface area contributed by atoms with E-state index in [0.717, 1.165) is 11.0 Å². The van der Waals surface area contributed by atoms with Gasteiger partial charge in [0.25, 0.3) is 0 Å². The van der Waals surface area contributed by atoms with Crippen LogP contribution in [0.1, 0.15) is 28.3 Å². The van der Waals surface area contributed by atoms with Crippen molar-refractivity contribution in [1.29, 1.82) is 0 Å². The molecule has 0 fully saturated rings. The number of rotatable bonds is 4. The smallest absolute Gasteiger partial charge is 0.0314 e. The molecule has 1 nitrogen and oxygen atoms in total. The molecule has 0 aliphatic carbocycles. The second-order valence-electron chi connectivity index (χ2n) is 4.27. The van der Waals surface area contributed by atoms with Crippen LogP contribution < -0.4 is 5.32 Å². The Kier molecular flexibility index (Phi) is 5.01. The van der Waals surface area contributed by atoms with Crippen molar-refractivity contribution in [2.24, 2.45) is 0 Å². The molecule has 2 rings (SSSR count). The molecule has 4 heteroatoms. The summed E-state index contributed by atoms with van der Waals surface area (Å²) in [7, 11) is 0. The van der Waals surface area contributed by atoms with Crippen LogP contribution in [-0.4, -0.2) is 0 Å². The summed E-state index contributed by atoms with van der Waals surface area (Å²) in [6.45, 7) is 5.23. The van der Waals surface area contributed by atoms with Crippen LogP contribution >= 0.6 is 43.2 Å². The highest BCUT2D eigenvalue weighted by molar-refractivity contribution is 9.10. The van der Waals surface area contributed by atoms with Crippen molar-refractivity contribution < 1.29 is 0 Å². The molecule has 0 spiro atoms. The van der Waals surface area contributed by atoms with Crippen LogP contribution in [0.25, 0.3) is 0 Å². The zero-order valence-electron chi connectivity index (χ0n) is 10.3. The van der Waals surface area contributed by atoms with E-state index < -0.39 is 0 Å². The number of halogens is 2. The maximum absolute atomic E-state index is 3.55. The Balaban J connectivity index is 1.98. The van der Waals surface area contributed by atoms with Crippen molar-refractivity contribution in [2.75, 3.05) is 0 Å². The van der Waals surface area contributed by atoms with E-state index in [1.807, 2.05) is 11.3 Å². The molecule has 0 bridgehead atoms. The lowest BCUT2D eigenvalue weighted by Crippen LogP contribution is -2.17. The van der Waals surface area contributed by atoms with Crippen LogP contribution in [0.15, 0.2) is 39.3 Å². The van der Waals surface area contributed by atoms with Crippen molar-refractivity contribution in [1.82, 2.24) is 5.32 Å². The van der Waals surface area contributed by atoms with Crippen molar-refractivity contribution >= 4 is 43.2 Å². The minimum atomic E-state index is 0.351. The highest BCUT2D eigenvalue weighted by Gasteiger charge is 2.07. The molecular weight excluding hydrogens is 374 g/mol. The summed E-state index contributed by atoms with van der Waals surface area (Å²) in [6, 6.07) is 11.0. The molecule has 0 aliphatic heterocycles. The summed E-state index contributed by atoms with van der Waals surface area (Å²) in [5.74, 6) is 0. The highest BCUT2D eigenvalue weighted by Crippen LogP contribution is 2.27. The molecule has 1 aromatic carbocycles. The predicted octanol–water partition coefficient (Wildman–Crippen LogP) is 5.43. The van der Waals surface area contributed by atoms with E-state index in [-0.39, 0.29) is 0 Å². The van der Waals surface area contributed by atoms with Gasteiger partial charge < -0.3 is 5.32 Å². The first kappa shape index (κ1) is 14.3. The van der Waals surface area contributed by atoms with Gasteiger partial charge in [0, 0.05) is 31.3 Å². The number of hydrogen-bond acceptors (Lipinski definition) is 2. The summed E-state index contributed by atoms with van der Waals surface area (Å²) in [5, 5.41) is 3.55. The molecule has 1 unspecified atom stereocenters. The number of aryl methyl sites for hydroxylation is 1. The van der Waals surface area contributed by atoms with Gasteiger partial charge in [0.2, 0.25) is 0 Å². The third-order valence-electron chi connectivity index (χ3n) is 2.84. The largest absolute Gasteiger partial charge is 0.305 e. The van der Waals surface area contributed by atoms with E-state index >= 15 is 0 Å². The Morgan fingerprint density at radius 3 is 2.67 bits per heavy atom. The Morgan fingerprint density at radius 1 is 1.28 bits per heavy atom. The fraction of sp³-hybridized carbons (Fsp3) is 0.286. The molecule has 0 aliphatic rings.